The molecule has 2 unspecified atom stereocenters. The summed E-state index contributed by atoms with van der Waals surface area (Å²) in [4.78, 5) is 12.8. The highest BCUT2D eigenvalue weighted by atomic mass is 35.5. The molecular weight excluding hydrogens is 509 g/mol. The summed E-state index contributed by atoms with van der Waals surface area (Å²) in [6.45, 7) is -0.708. The zero-order chi connectivity index (χ0) is 25.1. The van der Waals surface area contributed by atoms with Gasteiger partial charge in [-0.15, -0.1) is 0 Å². The van der Waals surface area contributed by atoms with Crippen molar-refractivity contribution in [2.24, 2.45) is 5.41 Å². The number of nitrogens with one attached hydrogen (secondary N) is 1. The van der Waals surface area contributed by atoms with Gasteiger partial charge in [-0.2, -0.15) is 16.8 Å². The first-order valence-corrected chi connectivity index (χ1v) is 14.3. The Bertz CT molecular complexity index is 1270. The van der Waals surface area contributed by atoms with Gasteiger partial charge in [0.2, 0.25) is 5.91 Å². The largest absolute Gasteiger partial charge is 0.352 e. The van der Waals surface area contributed by atoms with Crippen molar-refractivity contribution in [2.45, 2.75) is 25.3 Å². The van der Waals surface area contributed by atoms with Crippen molar-refractivity contribution in [3.8, 4) is 11.1 Å². The fraction of sp³-hybridized carbons (Fsp3) is 0.409. The van der Waals surface area contributed by atoms with E-state index >= 15 is 0 Å². The first-order chi connectivity index (χ1) is 15.8. The predicted molar refractivity (Wildman–Crippen MR) is 126 cm³/mol. The van der Waals surface area contributed by atoms with Crippen LogP contribution < -0.4 is 5.32 Å². The van der Waals surface area contributed by atoms with Crippen LogP contribution in [0.5, 0.6) is 0 Å². The van der Waals surface area contributed by atoms with E-state index < -0.39 is 44.0 Å². The van der Waals surface area contributed by atoms with Crippen molar-refractivity contribution in [2.75, 3.05) is 25.7 Å². The molecule has 0 aromatic heterocycles. The van der Waals surface area contributed by atoms with Crippen LogP contribution in [0.2, 0.25) is 5.02 Å². The third-order valence-corrected chi connectivity index (χ3v) is 6.93. The summed E-state index contributed by atoms with van der Waals surface area (Å²) in [6, 6.07) is 11.1. The number of rotatable bonds is 10. The Kier molecular flexibility index (Phi) is 8.03. The van der Waals surface area contributed by atoms with Crippen LogP contribution >= 0.6 is 11.6 Å². The molecule has 186 valence electrons. The molecule has 2 atom stereocenters. The fourth-order valence-corrected chi connectivity index (χ4v) is 4.92. The molecule has 1 amide bonds. The number of amides is 1. The molecule has 1 heterocycles. The molecule has 3 rings (SSSR count). The summed E-state index contributed by atoms with van der Waals surface area (Å²) in [5, 5.41) is 3.26. The van der Waals surface area contributed by atoms with E-state index in [2.05, 4.69) is 5.32 Å². The van der Waals surface area contributed by atoms with Gasteiger partial charge >= 0.3 is 0 Å². The summed E-state index contributed by atoms with van der Waals surface area (Å²) >= 11 is 5.97. The lowest BCUT2D eigenvalue weighted by molar-refractivity contribution is -0.129. The second-order valence-electron chi connectivity index (χ2n) is 8.42. The molecule has 1 fully saturated rings. The zero-order valence-corrected chi connectivity index (χ0v) is 21.0. The Labute approximate surface area is 203 Å². The molecule has 2 aromatic carbocycles. The van der Waals surface area contributed by atoms with E-state index in [1.807, 2.05) is 12.1 Å². The molecule has 1 aliphatic rings. The van der Waals surface area contributed by atoms with Crippen LogP contribution in [0, 0.1) is 11.2 Å². The van der Waals surface area contributed by atoms with Crippen molar-refractivity contribution < 1.29 is 34.4 Å². The van der Waals surface area contributed by atoms with Crippen molar-refractivity contribution in [3.63, 3.8) is 0 Å². The third kappa shape index (κ3) is 7.22. The van der Waals surface area contributed by atoms with Gasteiger partial charge in [0.05, 0.1) is 31.1 Å². The molecule has 1 aliphatic heterocycles. The first-order valence-electron chi connectivity index (χ1n) is 10.3. The van der Waals surface area contributed by atoms with Gasteiger partial charge in [0, 0.05) is 16.6 Å². The van der Waals surface area contributed by atoms with E-state index in [0.717, 1.165) is 18.1 Å². The minimum absolute atomic E-state index is 0.0368. The van der Waals surface area contributed by atoms with E-state index in [1.165, 1.54) is 18.2 Å². The molecule has 2 aromatic rings. The van der Waals surface area contributed by atoms with E-state index in [1.54, 1.807) is 12.1 Å². The van der Waals surface area contributed by atoms with E-state index in [9.17, 15) is 26.0 Å². The Morgan fingerprint density at radius 3 is 2.32 bits per heavy atom. The van der Waals surface area contributed by atoms with Crippen LogP contribution in [-0.2, 0) is 39.8 Å². The normalized spacial score (nSPS) is 20.9. The maximum Gasteiger partial charge on any atom is 0.264 e. The lowest BCUT2D eigenvalue weighted by Crippen LogP contribution is -2.38. The standard InChI is InChI=1S/C22H25ClFNO7S2/c1-33(27,28)31-10-9-22(14-32-34(2,29)30)13-18(25-21(22)26)11-15-3-5-16(6-4-15)19-12-17(23)7-8-20(19)24/h3-8,12,18H,9-11,13-14H2,1-2H3,(H,25,26). The lowest BCUT2D eigenvalue weighted by Gasteiger charge is -2.25. The van der Waals surface area contributed by atoms with E-state index in [0.29, 0.717) is 22.6 Å². The van der Waals surface area contributed by atoms with Crippen LogP contribution in [0.25, 0.3) is 11.1 Å². The van der Waals surface area contributed by atoms with Gasteiger partial charge in [0.15, 0.2) is 0 Å². The van der Waals surface area contributed by atoms with Gasteiger partial charge in [0.25, 0.3) is 20.2 Å². The number of carbonyl (C=O) groups is 1. The van der Waals surface area contributed by atoms with Crippen LogP contribution in [-0.4, -0.2) is 54.5 Å². The Morgan fingerprint density at radius 2 is 1.71 bits per heavy atom. The molecule has 8 nitrogen and oxygen atoms in total. The van der Waals surface area contributed by atoms with Crippen molar-refractivity contribution in [3.05, 3.63) is 58.9 Å². The van der Waals surface area contributed by atoms with E-state index in [4.69, 9.17) is 20.0 Å². The van der Waals surface area contributed by atoms with Crippen LogP contribution in [0.4, 0.5) is 4.39 Å². The van der Waals surface area contributed by atoms with Gasteiger partial charge in [-0.25, -0.2) is 4.39 Å². The predicted octanol–water partition coefficient (Wildman–Crippen LogP) is 2.91. The molecule has 12 heteroatoms. The van der Waals surface area contributed by atoms with Crippen molar-refractivity contribution in [1.82, 2.24) is 5.32 Å². The second-order valence-corrected chi connectivity index (χ2v) is 12.1. The fourth-order valence-electron chi connectivity index (χ4n) is 3.92. The molecule has 1 saturated heterocycles. The molecule has 0 bridgehead atoms. The molecule has 0 spiro atoms. The summed E-state index contributed by atoms with van der Waals surface area (Å²) in [7, 11) is -7.54. The van der Waals surface area contributed by atoms with Crippen LogP contribution in [0.15, 0.2) is 42.5 Å². The zero-order valence-electron chi connectivity index (χ0n) is 18.6. The smallest absolute Gasteiger partial charge is 0.264 e. The average molecular weight is 534 g/mol. The highest BCUT2D eigenvalue weighted by molar-refractivity contribution is 7.86. The molecule has 1 N–H and O–H groups in total. The Balaban J connectivity index is 1.73. The monoisotopic (exact) mass is 533 g/mol. The van der Waals surface area contributed by atoms with Crippen molar-refractivity contribution in [1.29, 1.82) is 0 Å². The maximum absolute atomic E-state index is 14.1. The van der Waals surface area contributed by atoms with Crippen LogP contribution in [0.1, 0.15) is 18.4 Å². The lowest BCUT2D eigenvalue weighted by atomic mass is 9.81. The molecule has 0 saturated carbocycles. The quantitative estimate of drug-likeness (QED) is 0.467. The number of hydrogen-bond acceptors (Lipinski definition) is 7. The second kappa shape index (κ2) is 10.3. The number of carbonyl (C=O) groups excluding carboxylic acids is 1. The highest BCUT2D eigenvalue weighted by Gasteiger charge is 2.47. The average Bonchev–Trinajstić information content (AvgIpc) is 3.03. The van der Waals surface area contributed by atoms with Gasteiger partial charge in [-0.05, 0) is 48.6 Å². The minimum Gasteiger partial charge on any atom is -0.352 e. The number of halogens is 2. The topological polar surface area (TPSA) is 116 Å². The summed E-state index contributed by atoms with van der Waals surface area (Å²) < 4.78 is 69.5. The van der Waals surface area contributed by atoms with E-state index in [-0.39, 0.29) is 25.5 Å². The van der Waals surface area contributed by atoms with Gasteiger partial charge < -0.3 is 5.32 Å². The van der Waals surface area contributed by atoms with Gasteiger partial charge in [0.1, 0.15) is 5.82 Å². The Morgan fingerprint density at radius 1 is 1.06 bits per heavy atom. The SMILES string of the molecule is CS(=O)(=O)OCCC1(COS(C)(=O)=O)CC(Cc2ccc(-c3cc(Cl)ccc3F)cc2)NC1=O. The van der Waals surface area contributed by atoms with Crippen LogP contribution in [0.3, 0.4) is 0 Å². The highest BCUT2D eigenvalue weighted by Crippen LogP contribution is 2.36. The first kappa shape index (κ1) is 26.6. The minimum atomic E-state index is -3.82. The van der Waals surface area contributed by atoms with Crippen molar-refractivity contribution >= 4 is 37.7 Å². The molecule has 34 heavy (non-hydrogen) atoms. The van der Waals surface area contributed by atoms with Gasteiger partial charge in [-0.1, -0.05) is 35.9 Å². The van der Waals surface area contributed by atoms with Gasteiger partial charge in [-0.3, -0.25) is 13.2 Å². The Hall–Kier alpha value is -2.05. The number of benzene rings is 2. The maximum atomic E-state index is 14.1. The summed E-state index contributed by atoms with van der Waals surface area (Å²) in [5.74, 6) is -0.831. The molecular formula is C22H25ClFNO7S2. The third-order valence-electron chi connectivity index (χ3n) is 5.56. The molecule has 0 radical (unpaired) electrons. The summed E-state index contributed by atoms with van der Waals surface area (Å²) in [5.41, 5.74) is 0.621. The number of hydrogen-bond donors (Lipinski definition) is 1. The molecule has 0 aliphatic carbocycles. The summed E-state index contributed by atoms with van der Waals surface area (Å²) in [6.07, 6.45) is 2.38.